The molecule has 8 heteroatoms. The summed E-state index contributed by atoms with van der Waals surface area (Å²) in [6.45, 7) is 0.805. The highest BCUT2D eigenvalue weighted by atomic mass is 19.1. The second-order valence-corrected chi connectivity index (χ2v) is 7.81. The van der Waals surface area contributed by atoms with E-state index in [2.05, 4.69) is 14.9 Å². The van der Waals surface area contributed by atoms with Gasteiger partial charge in [0.15, 0.2) is 5.65 Å². The Balaban J connectivity index is 1.44. The van der Waals surface area contributed by atoms with Crippen molar-refractivity contribution in [1.82, 2.24) is 19.6 Å². The summed E-state index contributed by atoms with van der Waals surface area (Å²) in [7, 11) is 1.54. The molecule has 5 rings (SSSR count). The number of imidazole rings is 1. The van der Waals surface area contributed by atoms with E-state index < -0.39 is 0 Å². The molecule has 0 aliphatic carbocycles. The number of hydrogen-bond donors (Lipinski definition) is 0. The number of benzene rings is 1. The highest BCUT2D eigenvalue weighted by Gasteiger charge is 2.28. The van der Waals surface area contributed by atoms with E-state index in [4.69, 9.17) is 9.84 Å². The quantitative estimate of drug-likeness (QED) is 0.323. The van der Waals surface area contributed by atoms with Gasteiger partial charge in [0.2, 0.25) is 11.7 Å². The van der Waals surface area contributed by atoms with Crippen LogP contribution in [0.15, 0.2) is 66.9 Å². The van der Waals surface area contributed by atoms with Crippen LogP contribution in [0.25, 0.3) is 11.7 Å². The van der Waals surface area contributed by atoms with Gasteiger partial charge in [-0.15, -0.1) is 5.10 Å². The molecular weight excluding hydrogens is 421 g/mol. The Hall–Kier alpha value is -4.07. The molecule has 7 nitrogen and oxygen atoms in total. The summed E-state index contributed by atoms with van der Waals surface area (Å²) in [5.74, 6) is 0.714. The predicted molar refractivity (Wildman–Crippen MR) is 123 cm³/mol. The third-order valence-electron chi connectivity index (χ3n) is 5.74. The van der Waals surface area contributed by atoms with E-state index >= 15 is 0 Å². The van der Waals surface area contributed by atoms with Gasteiger partial charge < -0.3 is 9.64 Å². The fourth-order valence-corrected chi connectivity index (χ4v) is 4.17. The molecule has 3 aromatic heterocycles. The maximum absolute atomic E-state index is 13.8. The van der Waals surface area contributed by atoms with E-state index in [-0.39, 0.29) is 17.6 Å². The molecular formula is C25H22FN5O2. The topological polar surface area (TPSA) is 72.6 Å². The van der Waals surface area contributed by atoms with Crippen LogP contribution in [0.4, 0.5) is 10.2 Å². The molecule has 0 spiro atoms. The third kappa shape index (κ3) is 4.19. The molecule has 1 fully saturated rings. The van der Waals surface area contributed by atoms with E-state index in [0.29, 0.717) is 22.9 Å². The molecule has 0 bridgehead atoms. The fraction of sp³-hybridized carbons (Fsp3) is 0.200. The SMILES string of the molecule is COc1cccc(C=CC(=O)c2cnc3ccc(N4CCCC4c4cccc(F)c4)nn23)n1. The number of halogens is 1. The summed E-state index contributed by atoms with van der Waals surface area (Å²) in [6.07, 6.45) is 6.49. The zero-order valence-corrected chi connectivity index (χ0v) is 18.1. The lowest BCUT2D eigenvalue weighted by Crippen LogP contribution is -2.24. The fourth-order valence-electron chi connectivity index (χ4n) is 4.17. The van der Waals surface area contributed by atoms with Crippen LogP contribution in [-0.4, -0.2) is 39.0 Å². The first kappa shape index (κ1) is 20.8. The number of carbonyl (C=O) groups excluding carboxylic acids is 1. The van der Waals surface area contributed by atoms with Crippen LogP contribution in [0, 0.1) is 5.82 Å². The Morgan fingerprint density at radius 2 is 2.06 bits per heavy atom. The second-order valence-electron chi connectivity index (χ2n) is 7.81. The van der Waals surface area contributed by atoms with Gasteiger partial charge in [-0.2, -0.15) is 0 Å². The van der Waals surface area contributed by atoms with Gasteiger partial charge in [-0.05, 0) is 60.9 Å². The van der Waals surface area contributed by atoms with Gasteiger partial charge in [0, 0.05) is 12.6 Å². The average Bonchev–Trinajstić information content (AvgIpc) is 3.50. The molecule has 1 aliphatic rings. The highest BCUT2D eigenvalue weighted by Crippen LogP contribution is 2.35. The Bertz CT molecular complexity index is 1350. The summed E-state index contributed by atoms with van der Waals surface area (Å²) < 4.78 is 20.5. The van der Waals surface area contributed by atoms with Crippen molar-refractivity contribution in [3.8, 4) is 5.88 Å². The van der Waals surface area contributed by atoms with Crippen molar-refractivity contribution in [1.29, 1.82) is 0 Å². The van der Waals surface area contributed by atoms with Crippen LogP contribution in [0.1, 0.15) is 40.6 Å². The minimum atomic E-state index is -0.248. The predicted octanol–water partition coefficient (Wildman–Crippen LogP) is 4.51. The van der Waals surface area contributed by atoms with Crippen molar-refractivity contribution in [3.05, 3.63) is 89.6 Å². The van der Waals surface area contributed by atoms with Crippen molar-refractivity contribution in [2.75, 3.05) is 18.6 Å². The summed E-state index contributed by atoms with van der Waals surface area (Å²) >= 11 is 0. The Morgan fingerprint density at radius 3 is 2.91 bits per heavy atom. The van der Waals surface area contributed by atoms with E-state index in [1.54, 1.807) is 42.0 Å². The zero-order valence-electron chi connectivity index (χ0n) is 18.1. The first-order valence-electron chi connectivity index (χ1n) is 10.7. The molecule has 4 heterocycles. The maximum Gasteiger partial charge on any atom is 0.213 e. The highest BCUT2D eigenvalue weighted by molar-refractivity contribution is 6.05. The Morgan fingerprint density at radius 1 is 1.18 bits per heavy atom. The minimum Gasteiger partial charge on any atom is -0.481 e. The van der Waals surface area contributed by atoms with Crippen molar-refractivity contribution in [2.24, 2.45) is 0 Å². The lowest BCUT2D eigenvalue weighted by atomic mass is 10.0. The van der Waals surface area contributed by atoms with Gasteiger partial charge in [-0.25, -0.2) is 18.9 Å². The van der Waals surface area contributed by atoms with Gasteiger partial charge in [-0.3, -0.25) is 4.79 Å². The van der Waals surface area contributed by atoms with E-state index in [1.807, 2.05) is 24.3 Å². The number of pyridine rings is 1. The van der Waals surface area contributed by atoms with Gasteiger partial charge in [0.25, 0.3) is 0 Å². The molecule has 4 aromatic rings. The molecule has 33 heavy (non-hydrogen) atoms. The van der Waals surface area contributed by atoms with Crippen LogP contribution >= 0.6 is 0 Å². The maximum atomic E-state index is 13.8. The molecule has 0 amide bonds. The first-order chi connectivity index (χ1) is 16.1. The molecule has 0 saturated carbocycles. The molecule has 1 saturated heterocycles. The monoisotopic (exact) mass is 443 g/mol. The molecule has 0 N–H and O–H groups in total. The normalized spacial score (nSPS) is 16.1. The number of carbonyl (C=O) groups is 1. The van der Waals surface area contributed by atoms with Gasteiger partial charge in [0.1, 0.15) is 17.3 Å². The number of nitrogens with zero attached hydrogens (tertiary/aromatic N) is 5. The van der Waals surface area contributed by atoms with E-state index in [9.17, 15) is 9.18 Å². The smallest absolute Gasteiger partial charge is 0.213 e. The molecule has 166 valence electrons. The van der Waals surface area contributed by atoms with Gasteiger partial charge in [-0.1, -0.05) is 18.2 Å². The molecule has 1 atom stereocenters. The van der Waals surface area contributed by atoms with Crippen molar-refractivity contribution in [2.45, 2.75) is 18.9 Å². The van der Waals surface area contributed by atoms with Crippen LogP contribution in [0.5, 0.6) is 5.88 Å². The third-order valence-corrected chi connectivity index (χ3v) is 5.74. The number of hydrogen-bond acceptors (Lipinski definition) is 6. The molecule has 1 aromatic carbocycles. The standard InChI is InChI=1S/C25H22FN5O2/c1-33-25-9-3-7-19(28-25)10-11-22(32)21-16-27-23-12-13-24(29-31(21)23)30-14-4-8-20(30)17-5-2-6-18(26)15-17/h2-3,5-7,9-13,15-16,20H,4,8,14H2,1H3. The average molecular weight is 443 g/mol. The van der Waals surface area contributed by atoms with Crippen molar-refractivity contribution in [3.63, 3.8) is 0 Å². The first-order valence-corrected chi connectivity index (χ1v) is 10.7. The second kappa shape index (κ2) is 8.82. The molecule has 1 unspecified atom stereocenters. The van der Waals surface area contributed by atoms with Crippen LogP contribution < -0.4 is 9.64 Å². The number of anilines is 1. The number of fused-ring (bicyclic) bond motifs is 1. The summed E-state index contributed by atoms with van der Waals surface area (Å²) in [5.41, 5.74) is 2.47. The molecule has 1 aliphatic heterocycles. The Labute approximate surface area is 190 Å². The number of ketones is 1. The summed E-state index contributed by atoms with van der Waals surface area (Å²) in [4.78, 5) is 23.7. The van der Waals surface area contributed by atoms with Crippen molar-refractivity contribution < 1.29 is 13.9 Å². The lowest BCUT2D eigenvalue weighted by Gasteiger charge is -2.26. The summed E-state index contributed by atoms with van der Waals surface area (Å²) in [5, 5.41) is 4.71. The number of rotatable bonds is 6. The summed E-state index contributed by atoms with van der Waals surface area (Å²) in [6, 6.07) is 15.8. The number of allylic oxidation sites excluding steroid dienone is 1. The van der Waals surface area contributed by atoms with Crippen LogP contribution in [0.3, 0.4) is 0 Å². The minimum absolute atomic E-state index is 0.0346. The Kier molecular flexibility index (Phi) is 5.56. The van der Waals surface area contributed by atoms with Crippen molar-refractivity contribution >= 4 is 23.3 Å². The number of ether oxygens (including phenoxy) is 1. The van der Waals surface area contributed by atoms with E-state index in [0.717, 1.165) is 30.8 Å². The largest absolute Gasteiger partial charge is 0.481 e. The van der Waals surface area contributed by atoms with Crippen LogP contribution in [0.2, 0.25) is 0 Å². The van der Waals surface area contributed by atoms with Gasteiger partial charge in [0.05, 0.1) is 25.0 Å². The van der Waals surface area contributed by atoms with E-state index in [1.165, 1.54) is 18.3 Å². The van der Waals surface area contributed by atoms with Crippen LogP contribution in [-0.2, 0) is 0 Å². The number of methoxy groups -OCH3 is 1. The van der Waals surface area contributed by atoms with Gasteiger partial charge >= 0.3 is 0 Å². The number of aromatic nitrogens is 4. The zero-order chi connectivity index (χ0) is 22.8. The lowest BCUT2D eigenvalue weighted by molar-refractivity contribution is 0.104. The molecule has 0 radical (unpaired) electrons.